The first-order valence-corrected chi connectivity index (χ1v) is 6.87. The van der Waals surface area contributed by atoms with Gasteiger partial charge in [-0.2, -0.15) is 4.98 Å². The Morgan fingerprint density at radius 2 is 2.05 bits per heavy atom. The zero-order valence-electron chi connectivity index (χ0n) is 12.0. The van der Waals surface area contributed by atoms with Crippen LogP contribution < -0.4 is 11.1 Å². The van der Waals surface area contributed by atoms with Crippen LogP contribution in [-0.2, 0) is 4.74 Å². The number of rotatable bonds is 4. The van der Waals surface area contributed by atoms with E-state index in [4.69, 9.17) is 14.9 Å². The van der Waals surface area contributed by atoms with Gasteiger partial charge < -0.3 is 20.2 Å². The molecule has 0 aliphatic carbocycles. The molecule has 0 radical (unpaired) electrons. The minimum atomic E-state index is -0.602. The Labute approximate surface area is 126 Å². The summed E-state index contributed by atoms with van der Waals surface area (Å²) in [6.07, 6.45) is 0. The number of oxazole rings is 1. The summed E-state index contributed by atoms with van der Waals surface area (Å²) in [6, 6.07) is 13.9. The Hall–Kier alpha value is -3.02. The highest BCUT2D eigenvalue weighted by Gasteiger charge is 2.19. The minimum absolute atomic E-state index is 0.0235. The quantitative estimate of drug-likeness (QED) is 0.718. The number of aromatic nitrogens is 1. The lowest BCUT2D eigenvalue weighted by molar-refractivity contribution is 0.0521. The number of nitrogens with one attached hydrogen (secondary N) is 1. The molecule has 3 N–H and O–H groups in total. The maximum Gasteiger partial charge on any atom is 0.362 e. The van der Waals surface area contributed by atoms with E-state index in [1.54, 1.807) is 6.92 Å². The summed E-state index contributed by atoms with van der Waals surface area (Å²) in [7, 11) is 0. The van der Waals surface area contributed by atoms with Crippen molar-refractivity contribution in [2.45, 2.75) is 6.92 Å². The van der Waals surface area contributed by atoms with E-state index < -0.39 is 5.97 Å². The molecule has 6 heteroatoms. The number of carbonyl (C=O) groups excluding carboxylic acids is 1. The summed E-state index contributed by atoms with van der Waals surface area (Å²) in [5.74, 6) is -0.670. The monoisotopic (exact) mass is 297 g/mol. The molecule has 0 bridgehead atoms. The van der Waals surface area contributed by atoms with Crippen LogP contribution in [0.15, 0.2) is 46.9 Å². The third-order valence-electron chi connectivity index (χ3n) is 3.15. The van der Waals surface area contributed by atoms with Crippen molar-refractivity contribution in [3.63, 3.8) is 0 Å². The molecule has 0 saturated heterocycles. The van der Waals surface area contributed by atoms with Gasteiger partial charge in [-0.25, -0.2) is 4.79 Å². The number of ether oxygens (including phenoxy) is 1. The third-order valence-corrected chi connectivity index (χ3v) is 3.15. The molecule has 0 aliphatic rings. The van der Waals surface area contributed by atoms with Crippen LogP contribution >= 0.6 is 0 Å². The first kappa shape index (κ1) is 13.9. The average Bonchev–Trinajstić information content (AvgIpc) is 2.89. The first-order valence-electron chi connectivity index (χ1n) is 6.87. The fourth-order valence-corrected chi connectivity index (χ4v) is 2.18. The molecule has 0 fully saturated rings. The number of anilines is 3. The molecule has 112 valence electrons. The van der Waals surface area contributed by atoms with Crippen molar-refractivity contribution in [3.05, 3.63) is 48.2 Å². The zero-order valence-corrected chi connectivity index (χ0v) is 12.0. The van der Waals surface area contributed by atoms with E-state index in [1.807, 2.05) is 42.5 Å². The predicted molar refractivity (Wildman–Crippen MR) is 84.1 cm³/mol. The molecule has 0 saturated carbocycles. The van der Waals surface area contributed by atoms with Crippen LogP contribution in [0, 0.1) is 0 Å². The van der Waals surface area contributed by atoms with Gasteiger partial charge in [-0.3, -0.25) is 0 Å². The van der Waals surface area contributed by atoms with E-state index in [9.17, 15) is 4.79 Å². The molecule has 0 spiro atoms. The standard InChI is InChI=1S/C16H15N3O3/c1-2-21-15(20)13-14(17)22-16(19-13)18-12-9-5-7-10-6-3-4-8-11(10)12/h3-9H,2,17H2,1H3,(H,18,19). The van der Waals surface area contributed by atoms with Gasteiger partial charge in [0.25, 0.3) is 0 Å². The van der Waals surface area contributed by atoms with Crippen molar-refractivity contribution < 1.29 is 13.9 Å². The second-order valence-electron chi connectivity index (χ2n) is 4.60. The number of fused-ring (bicyclic) bond motifs is 1. The highest BCUT2D eigenvalue weighted by Crippen LogP contribution is 2.27. The van der Waals surface area contributed by atoms with Gasteiger partial charge in [0.1, 0.15) is 0 Å². The molecule has 6 nitrogen and oxygen atoms in total. The molecule has 3 rings (SSSR count). The predicted octanol–water partition coefficient (Wildman–Crippen LogP) is 3.33. The number of nitrogens with two attached hydrogens (primary N) is 1. The SMILES string of the molecule is CCOC(=O)c1nc(Nc2cccc3ccccc23)oc1N. The van der Waals surface area contributed by atoms with Crippen molar-refractivity contribution in [2.75, 3.05) is 17.7 Å². The van der Waals surface area contributed by atoms with E-state index in [0.717, 1.165) is 16.5 Å². The van der Waals surface area contributed by atoms with Gasteiger partial charge in [0.05, 0.1) is 12.3 Å². The van der Waals surface area contributed by atoms with Crippen LogP contribution in [0.25, 0.3) is 10.8 Å². The van der Waals surface area contributed by atoms with E-state index in [2.05, 4.69) is 10.3 Å². The van der Waals surface area contributed by atoms with Crippen LogP contribution in [-0.4, -0.2) is 17.6 Å². The Morgan fingerprint density at radius 3 is 2.86 bits per heavy atom. The summed E-state index contributed by atoms with van der Waals surface area (Å²) in [6.45, 7) is 1.96. The van der Waals surface area contributed by atoms with Crippen molar-refractivity contribution in [3.8, 4) is 0 Å². The fourth-order valence-electron chi connectivity index (χ4n) is 2.18. The molecular weight excluding hydrogens is 282 g/mol. The normalized spacial score (nSPS) is 10.6. The fraction of sp³-hybridized carbons (Fsp3) is 0.125. The third kappa shape index (κ3) is 2.58. The molecule has 0 aliphatic heterocycles. The van der Waals surface area contributed by atoms with Gasteiger partial charge in [0, 0.05) is 5.39 Å². The number of benzene rings is 2. The van der Waals surface area contributed by atoms with Crippen LogP contribution in [0.1, 0.15) is 17.4 Å². The maximum absolute atomic E-state index is 11.7. The van der Waals surface area contributed by atoms with Gasteiger partial charge in [-0.05, 0) is 18.4 Å². The van der Waals surface area contributed by atoms with Crippen LogP contribution in [0.5, 0.6) is 0 Å². The smallest absolute Gasteiger partial charge is 0.362 e. The zero-order chi connectivity index (χ0) is 15.5. The molecule has 22 heavy (non-hydrogen) atoms. The number of esters is 1. The summed E-state index contributed by atoms with van der Waals surface area (Å²) in [4.78, 5) is 15.7. The van der Waals surface area contributed by atoms with Crippen molar-refractivity contribution in [1.82, 2.24) is 4.98 Å². The summed E-state index contributed by atoms with van der Waals surface area (Å²) >= 11 is 0. The van der Waals surface area contributed by atoms with E-state index >= 15 is 0 Å². The Bertz CT molecular complexity index is 821. The van der Waals surface area contributed by atoms with E-state index in [0.29, 0.717) is 0 Å². The van der Waals surface area contributed by atoms with Gasteiger partial charge in [0.15, 0.2) is 0 Å². The van der Waals surface area contributed by atoms with Crippen molar-refractivity contribution in [1.29, 1.82) is 0 Å². The summed E-state index contributed by atoms with van der Waals surface area (Å²) < 4.78 is 10.2. The van der Waals surface area contributed by atoms with Gasteiger partial charge in [-0.1, -0.05) is 36.4 Å². The highest BCUT2D eigenvalue weighted by atomic mass is 16.5. The number of hydrogen-bond donors (Lipinski definition) is 2. The Balaban J connectivity index is 1.93. The lowest BCUT2D eigenvalue weighted by Crippen LogP contribution is -2.07. The number of carbonyl (C=O) groups is 1. The number of nitrogens with zero attached hydrogens (tertiary/aromatic N) is 1. The highest BCUT2D eigenvalue weighted by molar-refractivity contribution is 5.95. The molecule has 2 aromatic carbocycles. The Kier molecular flexibility index (Phi) is 3.65. The molecule has 0 unspecified atom stereocenters. The topological polar surface area (TPSA) is 90.4 Å². The van der Waals surface area contributed by atoms with Crippen LogP contribution in [0.2, 0.25) is 0 Å². The summed E-state index contributed by atoms with van der Waals surface area (Å²) in [5, 5.41) is 5.13. The number of nitrogen functional groups attached to an aromatic ring is 1. The molecular formula is C16H15N3O3. The lowest BCUT2D eigenvalue weighted by atomic mass is 10.1. The Morgan fingerprint density at radius 1 is 1.27 bits per heavy atom. The van der Waals surface area contributed by atoms with Crippen LogP contribution in [0.4, 0.5) is 17.6 Å². The largest absolute Gasteiger partial charge is 0.461 e. The second kappa shape index (κ2) is 5.77. The molecule has 3 aromatic rings. The van der Waals surface area contributed by atoms with Gasteiger partial charge in [-0.15, -0.1) is 0 Å². The lowest BCUT2D eigenvalue weighted by Gasteiger charge is -2.06. The van der Waals surface area contributed by atoms with Gasteiger partial charge in [0.2, 0.25) is 11.6 Å². The molecule has 1 aromatic heterocycles. The molecule has 1 heterocycles. The van der Waals surface area contributed by atoms with Gasteiger partial charge >= 0.3 is 12.0 Å². The van der Waals surface area contributed by atoms with Crippen molar-refractivity contribution >= 4 is 34.3 Å². The summed E-state index contributed by atoms with van der Waals surface area (Å²) in [5.41, 5.74) is 6.46. The second-order valence-corrected chi connectivity index (χ2v) is 4.60. The average molecular weight is 297 g/mol. The van der Waals surface area contributed by atoms with E-state index in [1.165, 1.54) is 0 Å². The van der Waals surface area contributed by atoms with Crippen LogP contribution in [0.3, 0.4) is 0 Å². The van der Waals surface area contributed by atoms with E-state index in [-0.39, 0.29) is 24.2 Å². The number of hydrogen-bond acceptors (Lipinski definition) is 6. The first-order chi connectivity index (χ1) is 10.7. The van der Waals surface area contributed by atoms with Crippen molar-refractivity contribution in [2.24, 2.45) is 0 Å². The molecule has 0 amide bonds. The minimum Gasteiger partial charge on any atom is -0.461 e. The maximum atomic E-state index is 11.7. The molecule has 0 atom stereocenters.